The average molecular weight is 268 g/mol. The van der Waals surface area contributed by atoms with Crippen LogP contribution in [0.1, 0.15) is 13.3 Å². The second-order valence-electron chi connectivity index (χ2n) is 3.76. The monoisotopic (exact) mass is 268 g/mol. The average Bonchev–Trinajstić information content (AvgIpc) is 2.32. The number of hydrogen-bond donors (Lipinski definition) is 2. The van der Waals surface area contributed by atoms with Crippen LogP contribution < -0.4 is 5.73 Å². The van der Waals surface area contributed by atoms with Crippen LogP contribution in [-0.4, -0.2) is 30.9 Å². The maximum absolute atomic E-state index is 12.3. The number of nitrogen functional groups attached to an aromatic ring is 1. The van der Waals surface area contributed by atoms with E-state index in [9.17, 15) is 13.5 Å². The summed E-state index contributed by atoms with van der Waals surface area (Å²) in [5.74, 6) is 2.18. The van der Waals surface area contributed by atoms with Gasteiger partial charge in [0.25, 0.3) is 0 Å². The minimum Gasteiger partial charge on any atom is -0.506 e. The minimum atomic E-state index is -3.66. The van der Waals surface area contributed by atoms with Gasteiger partial charge in [0, 0.05) is 6.54 Å². The fourth-order valence-corrected chi connectivity index (χ4v) is 2.96. The van der Waals surface area contributed by atoms with Gasteiger partial charge in [-0.1, -0.05) is 12.8 Å². The van der Waals surface area contributed by atoms with Gasteiger partial charge >= 0.3 is 0 Å². The van der Waals surface area contributed by atoms with E-state index >= 15 is 0 Å². The Morgan fingerprint density at radius 1 is 1.50 bits per heavy atom. The molecular formula is C12H16N2O3S. The molecule has 0 saturated heterocycles. The molecule has 18 heavy (non-hydrogen) atoms. The Bertz CT molecular complexity index is 561. The first-order chi connectivity index (χ1) is 8.43. The SMILES string of the molecule is C#CCN(CCC)S(=O)(=O)c1ccc(O)c(N)c1. The second-order valence-corrected chi connectivity index (χ2v) is 5.70. The Balaban J connectivity index is 3.18. The van der Waals surface area contributed by atoms with Gasteiger partial charge in [0.2, 0.25) is 10.0 Å². The first-order valence-corrected chi connectivity index (χ1v) is 6.89. The van der Waals surface area contributed by atoms with Crippen LogP contribution in [0.5, 0.6) is 5.75 Å². The third-order valence-corrected chi connectivity index (χ3v) is 4.22. The maximum Gasteiger partial charge on any atom is 0.244 e. The molecule has 0 amide bonds. The normalized spacial score (nSPS) is 11.4. The van der Waals surface area contributed by atoms with Gasteiger partial charge in [-0.3, -0.25) is 0 Å². The van der Waals surface area contributed by atoms with Crippen molar-refractivity contribution in [3.8, 4) is 18.1 Å². The number of phenolic OH excluding ortho intramolecular Hbond substituents is 1. The number of nitrogens with two attached hydrogens (primary N) is 1. The number of nitrogens with zero attached hydrogens (tertiary/aromatic N) is 1. The van der Waals surface area contributed by atoms with Gasteiger partial charge in [-0.05, 0) is 24.6 Å². The first-order valence-electron chi connectivity index (χ1n) is 5.45. The summed E-state index contributed by atoms with van der Waals surface area (Å²) in [6.45, 7) is 2.22. The number of phenols is 1. The van der Waals surface area contributed by atoms with Crippen molar-refractivity contribution in [1.29, 1.82) is 0 Å². The van der Waals surface area contributed by atoms with E-state index in [0.717, 1.165) is 0 Å². The van der Waals surface area contributed by atoms with Crippen LogP contribution in [0.4, 0.5) is 5.69 Å². The molecule has 0 unspecified atom stereocenters. The molecule has 0 bridgehead atoms. The summed E-state index contributed by atoms with van der Waals surface area (Å²) in [7, 11) is -3.66. The molecule has 0 aliphatic carbocycles. The highest BCUT2D eigenvalue weighted by molar-refractivity contribution is 7.89. The van der Waals surface area contributed by atoms with Gasteiger partial charge in [0.05, 0.1) is 17.1 Å². The van der Waals surface area contributed by atoms with Gasteiger partial charge < -0.3 is 10.8 Å². The van der Waals surface area contributed by atoms with Gasteiger partial charge in [0.15, 0.2) is 0 Å². The highest BCUT2D eigenvalue weighted by Crippen LogP contribution is 2.25. The van der Waals surface area contributed by atoms with Crippen LogP contribution in [0.15, 0.2) is 23.1 Å². The quantitative estimate of drug-likeness (QED) is 0.474. The number of benzene rings is 1. The van der Waals surface area contributed by atoms with Gasteiger partial charge in [-0.2, -0.15) is 4.31 Å². The fourth-order valence-electron chi connectivity index (χ4n) is 1.48. The first kappa shape index (κ1) is 14.4. The Morgan fingerprint density at radius 3 is 2.67 bits per heavy atom. The lowest BCUT2D eigenvalue weighted by atomic mass is 10.3. The number of rotatable bonds is 5. The molecule has 0 heterocycles. The number of aromatic hydroxyl groups is 1. The summed E-state index contributed by atoms with van der Waals surface area (Å²) in [4.78, 5) is 0.0292. The highest BCUT2D eigenvalue weighted by Gasteiger charge is 2.23. The Kier molecular flexibility index (Phi) is 4.59. The lowest BCUT2D eigenvalue weighted by molar-refractivity contribution is 0.445. The molecule has 1 rings (SSSR count). The Hall–Kier alpha value is -1.71. The molecule has 1 aromatic carbocycles. The van der Waals surface area contributed by atoms with Crippen molar-refractivity contribution in [2.24, 2.45) is 0 Å². The smallest absolute Gasteiger partial charge is 0.244 e. The topological polar surface area (TPSA) is 83.6 Å². The zero-order valence-corrected chi connectivity index (χ0v) is 10.9. The van der Waals surface area contributed by atoms with Gasteiger partial charge in [-0.25, -0.2) is 8.42 Å². The van der Waals surface area contributed by atoms with Crippen LogP contribution in [0, 0.1) is 12.3 Å². The fraction of sp³-hybridized carbons (Fsp3) is 0.333. The largest absolute Gasteiger partial charge is 0.506 e. The summed E-state index contributed by atoms with van der Waals surface area (Å²) in [5, 5.41) is 9.29. The Labute approximate surface area is 107 Å². The van der Waals surface area contributed by atoms with Crippen molar-refractivity contribution in [1.82, 2.24) is 4.31 Å². The summed E-state index contributed by atoms with van der Waals surface area (Å²) in [5.41, 5.74) is 5.51. The van der Waals surface area contributed by atoms with Crippen molar-refractivity contribution >= 4 is 15.7 Å². The molecule has 98 valence electrons. The van der Waals surface area contributed by atoms with E-state index in [1.807, 2.05) is 6.92 Å². The minimum absolute atomic E-state index is 0.0109. The van der Waals surface area contributed by atoms with Crippen LogP contribution in [0.2, 0.25) is 0 Å². The summed E-state index contributed by atoms with van der Waals surface area (Å²) < 4.78 is 25.7. The predicted octanol–water partition coefficient (Wildman–Crippen LogP) is 1.01. The van der Waals surface area contributed by atoms with E-state index in [1.54, 1.807) is 0 Å². The lowest BCUT2D eigenvalue weighted by Crippen LogP contribution is -2.32. The summed E-state index contributed by atoms with van der Waals surface area (Å²) in [6, 6.07) is 3.78. The van der Waals surface area contributed by atoms with E-state index in [4.69, 9.17) is 12.2 Å². The van der Waals surface area contributed by atoms with E-state index < -0.39 is 10.0 Å². The molecule has 0 aliphatic heterocycles. The van der Waals surface area contributed by atoms with Gasteiger partial charge in [-0.15, -0.1) is 6.42 Å². The number of terminal acetylenes is 1. The molecule has 0 radical (unpaired) electrons. The molecule has 0 aromatic heterocycles. The van der Waals surface area contributed by atoms with Crippen LogP contribution in [-0.2, 0) is 10.0 Å². The third-order valence-electron chi connectivity index (χ3n) is 2.38. The highest BCUT2D eigenvalue weighted by atomic mass is 32.2. The van der Waals surface area contributed by atoms with Crippen LogP contribution >= 0.6 is 0 Å². The van der Waals surface area contributed by atoms with Crippen molar-refractivity contribution < 1.29 is 13.5 Å². The third kappa shape index (κ3) is 2.94. The molecule has 6 heteroatoms. The van der Waals surface area contributed by atoms with E-state index in [0.29, 0.717) is 13.0 Å². The Morgan fingerprint density at radius 2 is 2.17 bits per heavy atom. The molecule has 0 spiro atoms. The predicted molar refractivity (Wildman–Crippen MR) is 70.4 cm³/mol. The summed E-state index contributed by atoms with van der Waals surface area (Å²) in [6.07, 6.45) is 5.83. The molecule has 0 saturated carbocycles. The van der Waals surface area contributed by atoms with Gasteiger partial charge in [0.1, 0.15) is 5.75 Å². The number of anilines is 1. The van der Waals surface area contributed by atoms with Crippen molar-refractivity contribution in [3.05, 3.63) is 18.2 Å². The zero-order valence-electron chi connectivity index (χ0n) is 10.1. The van der Waals surface area contributed by atoms with Crippen molar-refractivity contribution in [2.45, 2.75) is 18.2 Å². The second kappa shape index (κ2) is 5.76. The molecular weight excluding hydrogens is 252 g/mol. The standard InChI is InChI=1S/C12H16N2O3S/c1-3-7-14(8-4-2)18(16,17)10-5-6-12(15)11(13)9-10/h1,5-6,9,15H,4,7-8,13H2,2H3. The van der Waals surface area contributed by atoms with Crippen molar-refractivity contribution in [2.75, 3.05) is 18.8 Å². The molecule has 0 aliphatic rings. The number of hydrogen-bond acceptors (Lipinski definition) is 4. The molecule has 0 fully saturated rings. The molecule has 3 N–H and O–H groups in total. The summed E-state index contributed by atoms with van der Waals surface area (Å²) >= 11 is 0. The molecule has 5 nitrogen and oxygen atoms in total. The maximum atomic E-state index is 12.3. The van der Waals surface area contributed by atoms with E-state index in [-0.39, 0.29) is 22.9 Å². The van der Waals surface area contributed by atoms with Crippen molar-refractivity contribution in [3.63, 3.8) is 0 Å². The van der Waals surface area contributed by atoms with Crippen LogP contribution in [0.25, 0.3) is 0 Å². The lowest BCUT2D eigenvalue weighted by Gasteiger charge is -2.19. The number of sulfonamides is 1. The van der Waals surface area contributed by atoms with Crippen LogP contribution in [0.3, 0.4) is 0 Å². The molecule has 1 aromatic rings. The zero-order chi connectivity index (χ0) is 13.8. The molecule has 0 atom stereocenters. The van der Waals surface area contributed by atoms with E-state index in [2.05, 4.69) is 5.92 Å². The van der Waals surface area contributed by atoms with E-state index in [1.165, 1.54) is 22.5 Å².